The van der Waals surface area contributed by atoms with Crippen LogP contribution < -0.4 is 15.4 Å². The number of carbonyl (C=O) groups excluding carboxylic acids is 1. The number of aryl methyl sites for hydroxylation is 2. The van der Waals surface area contributed by atoms with Crippen LogP contribution in [0.4, 0.5) is 11.4 Å². The van der Waals surface area contributed by atoms with Gasteiger partial charge in [0, 0.05) is 12.7 Å². The molecule has 2 N–H and O–H groups in total. The zero-order valence-electron chi connectivity index (χ0n) is 12.6. The average Bonchev–Trinajstić information content (AvgIpc) is 2.45. The van der Waals surface area contributed by atoms with Gasteiger partial charge in [-0.05, 0) is 37.6 Å². The lowest BCUT2D eigenvalue weighted by atomic mass is 10.1. The van der Waals surface area contributed by atoms with Crippen LogP contribution >= 0.6 is 0 Å². The molecule has 0 aliphatic carbocycles. The van der Waals surface area contributed by atoms with Crippen LogP contribution in [0.2, 0.25) is 0 Å². The molecule has 0 fully saturated rings. The van der Waals surface area contributed by atoms with Gasteiger partial charge in [0.2, 0.25) is 0 Å². The monoisotopic (exact) mass is 284 g/mol. The van der Waals surface area contributed by atoms with Gasteiger partial charge in [0.1, 0.15) is 5.75 Å². The van der Waals surface area contributed by atoms with Crippen LogP contribution in [0, 0.1) is 13.8 Å². The number of carbonyl (C=O) groups is 1. The van der Waals surface area contributed by atoms with E-state index in [4.69, 9.17) is 10.5 Å². The largest absolute Gasteiger partial charge is 0.482 e. The third-order valence-corrected chi connectivity index (χ3v) is 3.36. The lowest BCUT2D eigenvalue weighted by Gasteiger charge is -2.20. The van der Waals surface area contributed by atoms with Crippen molar-refractivity contribution in [3.05, 3.63) is 53.6 Å². The summed E-state index contributed by atoms with van der Waals surface area (Å²) in [4.78, 5) is 13.8. The van der Waals surface area contributed by atoms with Crippen molar-refractivity contribution in [2.75, 3.05) is 24.3 Å². The molecule has 110 valence electrons. The molecule has 0 atom stereocenters. The van der Waals surface area contributed by atoms with Crippen molar-refractivity contribution in [3.63, 3.8) is 0 Å². The molecule has 0 unspecified atom stereocenters. The highest BCUT2D eigenvalue weighted by Crippen LogP contribution is 2.22. The molecule has 0 aliphatic heterocycles. The molecule has 0 saturated heterocycles. The summed E-state index contributed by atoms with van der Waals surface area (Å²) in [6.45, 7) is 3.97. The van der Waals surface area contributed by atoms with Crippen LogP contribution in [0.3, 0.4) is 0 Å². The molecule has 2 rings (SSSR count). The van der Waals surface area contributed by atoms with Crippen molar-refractivity contribution < 1.29 is 9.53 Å². The Morgan fingerprint density at radius 2 is 1.90 bits per heavy atom. The lowest BCUT2D eigenvalue weighted by Crippen LogP contribution is -2.31. The minimum absolute atomic E-state index is 0.0436. The molecule has 4 heteroatoms. The van der Waals surface area contributed by atoms with Crippen LogP contribution in [-0.2, 0) is 4.79 Å². The second-order valence-electron chi connectivity index (χ2n) is 5.07. The molecular formula is C17H20N2O2. The summed E-state index contributed by atoms with van der Waals surface area (Å²) in [5.41, 5.74) is 9.43. The molecule has 0 aromatic heterocycles. The predicted molar refractivity (Wildman–Crippen MR) is 85.7 cm³/mol. The van der Waals surface area contributed by atoms with Gasteiger partial charge in [-0.2, -0.15) is 0 Å². The molecule has 0 bridgehead atoms. The van der Waals surface area contributed by atoms with Crippen molar-refractivity contribution in [1.82, 2.24) is 0 Å². The smallest absolute Gasteiger partial charge is 0.264 e. The van der Waals surface area contributed by atoms with Gasteiger partial charge in [0.05, 0.1) is 5.69 Å². The minimum atomic E-state index is -0.120. The summed E-state index contributed by atoms with van der Waals surface area (Å²) in [5.74, 6) is 0.407. The highest BCUT2D eigenvalue weighted by Gasteiger charge is 2.14. The molecule has 2 aromatic carbocycles. The Balaban J connectivity index is 2.05. The van der Waals surface area contributed by atoms with E-state index in [1.54, 1.807) is 24.1 Å². The van der Waals surface area contributed by atoms with E-state index < -0.39 is 0 Å². The number of hydrogen-bond donors (Lipinski definition) is 1. The second kappa shape index (κ2) is 6.31. The SMILES string of the molecule is Cc1ccc(N(C)C(=O)COc2ccccc2N)c(C)c1. The zero-order chi connectivity index (χ0) is 15.4. The summed E-state index contributed by atoms with van der Waals surface area (Å²) in [5, 5.41) is 0. The van der Waals surface area contributed by atoms with Gasteiger partial charge in [-0.3, -0.25) is 4.79 Å². The number of hydrogen-bond acceptors (Lipinski definition) is 3. The van der Waals surface area contributed by atoms with Gasteiger partial charge in [-0.1, -0.05) is 29.8 Å². The molecule has 2 aromatic rings. The fourth-order valence-electron chi connectivity index (χ4n) is 2.16. The van der Waals surface area contributed by atoms with Crippen molar-refractivity contribution >= 4 is 17.3 Å². The fraction of sp³-hybridized carbons (Fsp3) is 0.235. The van der Waals surface area contributed by atoms with E-state index in [-0.39, 0.29) is 12.5 Å². The number of nitrogens with zero attached hydrogens (tertiary/aromatic N) is 1. The summed E-state index contributed by atoms with van der Waals surface area (Å²) < 4.78 is 5.49. The van der Waals surface area contributed by atoms with Crippen molar-refractivity contribution in [2.45, 2.75) is 13.8 Å². The maximum absolute atomic E-state index is 12.2. The number of benzene rings is 2. The number of ether oxygens (including phenoxy) is 1. The lowest BCUT2D eigenvalue weighted by molar-refractivity contribution is -0.120. The normalized spacial score (nSPS) is 10.2. The van der Waals surface area contributed by atoms with Crippen molar-refractivity contribution in [2.24, 2.45) is 0 Å². The van der Waals surface area contributed by atoms with Gasteiger partial charge >= 0.3 is 0 Å². The maximum atomic E-state index is 12.2. The highest BCUT2D eigenvalue weighted by molar-refractivity contribution is 5.94. The Bertz CT molecular complexity index is 653. The second-order valence-corrected chi connectivity index (χ2v) is 5.07. The van der Waals surface area contributed by atoms with Crippen LogP contribution in [0.25, 0.3) is 0 Å². The molecule has 0 saturated carbocycles. The molecule has 0 radical (unpaired) electrons. The number of nitrogen functional groups attached to an aromatic ring is 1. The molecule has 4 nitrogen and oxygen atoms in total. The standard InChI is InChI=1S/C17H20N2O2/c1-12-8-9-15(13(2)10-12)19(3)17(20)11-21-16-7-5-4-6-14(16)18/h4-10H,11,18H2,1-3H3. The number of rotatable bonds is 4. The topological polar surface area (TPSA) is 55.6 Å². The number of anilines is 2. The Hall–Kier alpha value is -2.49. The van der Waals surface area contributed by atoms with Crippen LogP contribution in [-0.4, -0.2) is 19.6 Å². The number of likely N-dealkylation sites (N-methyl/N-ethyl adjacent to an activating group) is 1. The summed E-state index contributed by atoms with van der Waals surface area (Å²) >= 11 is 0. The van der Waals surface area contributed by atoms with Gasteiger partial charge in [0.25, 0.3) is 5.91 Å². The van der Waals surface area contributed by atoms with Crippen molar-refractivity contribution in [1.29, 1.82) is 0 Å². The molecule has 1 amide bonds. The van der Waals surface area contributed by atoms with Crippen LogP contribution in [0.1, 0.15) is 11.1 Å². The number of para-hydroxylation sites is 2. The fourth-order valence-corrected chi connectivity index (χ4v) is 2.16. The Kier molecular flexibility index (Phi) is 4.48. The summed E-state index contributed by atoms with van der Waals surface area (Å²) in [7, 11) is 1.75. The first-order chi connectivity index (χ1) is 9.99. The van der Waals surface area contributed by atoms with Gasteiger partial charge in [-0.15, -0.1) is 0 Å². The first-order valence-electron chi connectivity index (χ1n) is 6.80. The number of nitrogens with two attached hydrogens (primary N) is 1. The molecule has 21 heavy (non-hydrogen) atoms. The zero-order valence-corrected chi connectivity index (χ0v) is 12.6. The predicted octanol–water partition coefficient (Wildman–Crippen LogP) is 2.93. The Morgan fingerprint density at radius 1 is 1.19 bits per heavy atom. The van der Waals surface area contributed by atoms with Crippen molar-refractivity contribution in [3.8, 4) is 5.75 Å². The van der Waals surface area contributed by atoms with E-state index in [2.05, 4.69) is 6.07 Å². The molecule has 0 aliphatic rings. The minimum Gasteiger partial charge on any atom is -0.482 e. The summed E-state index contributed by atoms with van der Waals surface area (Å²) in [6, 6.07) is 13.1. The quantitative estimate of drug-likeness (QED) is 0.878. The van der Waals surface area contributed by atoms with E-state index >= 15 is 0 Å². The summed E-state index contributed by atoms with van der Waals surface area (Å²) in [6.07, 6.45) is 0. The Labute approximate surface area is 125 Å². The van der Waals surface area contributed by atoms with E-state index in [9.17, 15) is 4.79 Å². The average molecular weight is 284 g/mol. The first-order valence-corrected chi connectivity index (χ1v) is 6.80. The Morgan fingerprint density at radius 3 is 2.57 bits per heavy atom. The van der Waals surface area contributed by atoms with Gasteiger partial charge < -0.3 is 15.4 Å². The number of amides is 1. The molecule has 0 spiro atoms. The van der Waals surface area contributed by atoms with Crippen LogP contribution in [0.5, 0.6) is 5.75 Å². The molecular weight excluding hydrogens is 264 g/mol. The maximum Gasteiger partial charge on any atom is 0.264 e. The molecule has 0 heterocycles. The van der Waals surface area contributed by atoms with E-state index in [0.29, 0.717) is 11.4 Å². The third-order valence-electron chi connectivity index (χ3n) is 3.36. The first kappa shape index (κ1) is 14.9. The van der Waals surface area contributed by atoms with E-state index in [1.165, 1.54) is 5.56 Å². The highest BCUT2D eigenvalue weighted by atomic mass is 16.5. The van der Waals surface area contributed by atoms with E-state index in [1.807, 2.05) is 38.1 Å². The van der Waals surface area contributed by atoms with Gasteiger partial charge in [0.15, 0.2) is 6.61 Å². The third kappa shape index (κ3) is 3.54. The van der Waals surface area contributed by atoms with Crippen LogP contribution in [0.15, 0.2) is 42.5 Å². The van der Waals surface area contributed by atoms with Gasteiger partial charge in [-0.25, -0.2) is 0 Å². The van der Waals surface area contributed by atoms with E-state index in [0.717, 1.165) is 11.3 Å².